The van der Waals surface area contributed by atoms with Crippen LogP contribution in [0.25, 0.3) is 0 Å². The van der Waals surface area contributed by atoms with Crippen molar-refractivity contribution in [3.05, 3.63) is 47.4 Å². The van der Waals surface area contributed by atoms with E-state index in [0.717, 1.165) is 23.2 Å². The van der Waals surface area contributed by atoms with Crippen LogP contribution in [-0.2, 0) is 11.3 Å². The summed E-state index contributed by atoms with van der Waals surface area (Å²) in [5.41, 5.74) is 0.620. The third-order valence-corrected chi connectivity index (χ3v) is 5.06. The molecule has 10 heteroatoms. The zero-order valence-electron chi connectivity index (χ0n) is 15.8. The maximum atomic E-state index is 12.7. The van der Waals surface area contributed by atoms with Gasteiger partial charge in [-0.25, -0.2) is 0 Å². The number of hydrogen-bond acceptors (Lipinski definition) is 9. The number of anilines is 3. The minimum Gasteiger partial charge on any atom is -0.505 e. The number of carbonyl (C=O) groups excluding carboxylic acids is 1. The molecule has 0 aliphatic carbocycles. The molecule has 0 spiro atoms. The molecule has 3 heterocycles. The Labute approximate surface area is 171 Å². The monoisotopic (exact) mass is 415 g/mol. The third-order valence-electron chi connectivity index (χ3n) is 4.53. The number of phenols is 1. The van der Waals surface area contributed by atoms with Gasteiger partial charge < -0.3 is 29.8 Å². The third kappa shape index (κ3) is 4.33. The van der Waals surface area contributed by atoms with E-state index in [0.29, 0.717) is 50.2 Å². The number of aromatic nitrogens is 2. The molecule has 1 amide bonds. The van der Waals surface area contributed by atoms with Gasteiger partial charge in [0.15, 0.2) is 17.4 Å². The van der Waals surface area contributed by atoms with E-state index in [1.807, 2.05) is 19.1 Å². The van der Waals surface area contributed by atoms with E-state index in [9.17, 15) is 9.90 Å². The highest BCUT2D eigenvalue weighted by atomic mass is 32.1. The van der Waals surface area contributed by atoms with Crippen molar-refractivity contribution < 1.29 is 19.1 Å². The first-order valence-electron chi connectivity index (χ1n) is 9.19. The van der Waals surface area contributed by atoms with Crippen molar-refractivity contribution in [2.45, 2.75) is 13.5 Å². The molecule has 0 atom stereocenters. The summed E-state index contributed by atoms with van der Waals surface area (Å²) in [6.45, 7) is 4.35. The van der Waals surface area contributed by atoms with Crippen molar-refractivity contribution in [1.29, 1.82) is 0 Å². The van der Waals surface area contributed by atoms with Gasteiger partial charge in [-0.05, 0) is 31.2 Å². The predicted molar refractivity (Wildman–Crippen MR) is 109 cm³/mol. The lowest BCUT2D eigenvalue weighted by molar-refractivity contribution is 0.0301. The number of amides is 1. The molecule has 0 saturated carbocycles. The Bertz CT molecular complexity index is 996. The lowest BCUT2D eigenvalue weighted by Gasteiger charge is -2.27. The molecular weight excluding hydrogens is 394 g/mol. The highest BCUT2D eigenvalue weighted by molar-refractivity contribution is 6.99. The molecule has 0 unspecified atom stereocenters. The lowest BCUT2D eigenvalue weighted by atomic mass is 10.1. The topological polar surface area (TPSA) is 113 Å². The number of hydrogen-bond donors (Lipinski definition) is 3. The van der Waals surface area contributed by atoms with Crippen molar-refractivity contribution in [2.24, 2.45) is 0 Å². The number of nitrogens with one attached hydrogen (secondary N) is 2. The van der Waals surface area contributed by atoms with E-state index < -0.39 is 0 Å². The zero-order valence-corrected chi connectivity index (χ0v) is 16.7. The van der Waals surface area contributed by atoms with Gasteiger partial charge in [-0.2, -0.15) is 8.75 Å². The van der Waals surface area contributed by atoms with Crippen molar-refractivity contribution in [2.75, 3.05) is 36.9 Å². The van der Waals surface area contributed by atoms with Crippen LogP contribution >= 0.6 is 11.7 Å². The molecule has 2 aromatic heterocycles. The van der Waals surface area contributed by atoms with E-state index in [2.05, 4.69) is 19.4 Å². The predicted octanol–water partition coefficient (Wildman–Crippen LogP) is 2.97. The van der Waals surface area contributed by atoms with E-state index >= 15 is 0 Å². The minimum atomic E-state index is -0.225. The number of rotatable bonds is 6. The highest BCUT2D eigenvalue weighted by Gasteiger charge is 2.23. The Morgan fingerprint density at radius 1 is 1.21 bits per heavy atom. The normalized spacial score (nSPS) is 14.0. The Morgan fingerprint density at radius 2 is 2.00 bits per heavy atom. The first-order chi connectivity index (χ1) is 14.1. The summed E-state index contributed by atoms with van der Waals surface area (Å²) in [6, 6.07) is 8.79. The van der Waals surface area contributed by atoms with Crippen molar-refractivity contribution in [3.63, 3.8) is 0 Å². The van der Waals surface area contributed by atoms with Gasteiger partial charge >= 0.3 is 0 Å². The van der Waals surface area contributed by atoms with Crippen LogP contribution in [0, 0.1) is 6.92 Å². The number of para-hydroxylation sites is 1. The maximum absolute atomic E-state index is 12.7. The van der Waals surface area contributed by atoms with Crippen LogP contribution in [0.4, 0.5) is 17.3 Å². The second-order valence-electron chi connectivity index (χ2n) is 6.56. The molecule has 0 bridgehead atoms. The molecular formula is C19H21N5O4S. The lowest BCUT2D eigenvalue weighted by Crippen LogP contribution is -2.40. The van der Waals surface area contributed by atoms with Gasteiger partial charge in [-0.1, -0.05) is 6.07 Å². The number of morpholine rings is 1. The molecule has 152 valence electrons. The fraction of sp³-hybridized carbons (Fsp3) is 0.316. The van der Waals surface area contributed by atoms with Crippen molar-refractivity contribution >= 4 is 35.0 Å². The molecule has 1 fully saturated rings. The number of aromatic hydroxyl groups is 1. The van der Waals surface area contributed by atoms with Crippen LogP contribution in [0.5, 0.6) is 5.75 Å². The van der Waals surface area contributed by atoms with Crippen molar-refractivity contribution in [3.8, 4) is 5.75 Å². The van der Waals surface area contributed by atoms with E-state index in [1.54, 1.807) is 23.1 Å². The van der Waals surface area contributed by atoms with Gasteiger partial charge in [0.25, 0.3) is 5.91 Å². The maximum Gasteiger partial charge on any atom is 0.257 e. The minimum absolute atomic E-state index is 0.121. The van der Waals surface area contributed by atoms with Gasteiger partial charge in [0.1, 0.15) is 11.5 Å². The summed E-state index contributed by atoms with van der Waals surface area (Å²) >= 11 is 1.04. The van der Waals surface area contributed by atoms with Gasteiger partial charge in [-0.15, -0.1) is 0 Å². The molecule has 1 aliphatic rings. The van der Waals surface area contributed by atoms with Crippen LogP contribution in [0.15, 0.2) is 34.7 Å². The Balaban J connectivity index is 1.48. The fourth-order valence-corrected chi connectivity index (χ4v) is 3.51. The number of aryl methyl sites for hydroxylation is 1. The summed E-state index contributed by atoms with van der Waals surface area (Å²) in [6.07, 6.45) is 0. The molecule has 1 aliphatic heterocycles. The summed E-state index contributed by atoms with van der Waals surface area (Å²) < 4.78 is 19.3. The number of nitrogens with zero attached hydrogens (tertiary/aromatic N) is 3. The molecule has 0 radical (unpaired) electrons. The highest BCUT2D eigenvalue weighted by Crippen LogP contribution is 2.33. The Morgan fingerprint density at radius 3 is 2.76 bits per heavy atom. The summed E-state index contributed by atoms with van der Waals surface area (Å²) in [4.78, 5) is 14.4. The molecule has 1 saturated heterocycles. The van der Waals surface area contributed by atoms with Crippen LogP contribution in [0.2, 0.25) is 0 Å². The molecule has 29 heavy (non-hydrogen) atoms. The number of carbonyl (C=O) groups is 1. The fourth-order valence-electron chi connectivity index (χ4n) is 3.02. The van der Waals surface area contributed by atoms with E-state index in [1.165, 1.54) is 0 Å². The molecule has 9 nitrogen and oxygen atoms in total. The number of ether oxygens (including phenoxy) is 1. The smallest absolute Gasteiger partial charge is 0.257 e. The van der Waals surface area contributed by atoms with Gasteiger partial charge in [0.2, 0.25) is 0 Å². The summed E-state index contributed by atoms with van der Waals surface area (Å²) in [5.74, 6) is 2.27. The van der Waals surface area contributed by atoms with Crippen LogP contribution < -0.4 is 10.6 Å². The summed E-state index contributed by atoms with van der Waals surface area (Å²) in [7, 11) is 0. The van der Waals surface area contributed by atoms with Crippen LogP contribution in [0.1, 0.15) is 21.9 Å². The van der Waals surface area contributed by atoms with Crippen LogP contribution in [0.3, 0.4) is 0 Å². The quantitative estimate of drug-likeness (QED) is 0.527. The summed E-state index contributed by atoms with van der Waals surface area (Å²) in [5, 5.41) is 16.9. The van der Waals surface area contributed by atoms with Gasteiger partial charge in [-0.3, -0.25) is 4.79 Å². The number of furan rings is 1. The van der Waals surface area contributed by atoms with Crippen LogP contribution in [-0.4, -0.2) is 51.0 Å². The second kappa shape index (κ2) is 8.50. The molecule has 4 rings (SSSR count). The van der Waals surface area contributed by atoms with Crippen molar-refractivity contribution in [1.82, 2.24) is 13.6 Å². The van der Waals surface area contributed by atoms with Gasteiger partial charge in [0, 0.05) is 13.1 Å². The van der Waals surface area contributed by atoms with E-state index in [4.69, 9.17) is 9.15 Å². The number of phenolic OH excluding ortho intramolecular Hbond substituents is 1. The van der Waals surface area contributed by atoms with E-state index in [-0.39, 0.29) is 17.2 Å². The van der Waals surface area contributed by atoms with Gasteiger partial charge in [0.05, 0.1) is 42.7 Å². The Hall–Kier alpha value is -3.11. The largest absolute Gasteiger partial charge is 0.505 e. The average molecular weight is 415 g/mol. The number of benzene rings is 1. The first-order valence-corrected chi connectivity index (χ1v) is 9.92. The second-order valence-corrected chi connectivity index (χ2v) is 7.09. The average Bonchev–Trinajstić information content (AvgIpc) is 3.36. The molecule has 3 aromatic rings. The molecule has 1 aromatic carbocycles. The standard InChI is InChI=1S/C19H21N5O4S/c1-12-5-6-13(28-12)11-20-17-18(23-29-22-17)21-15-4-2-3-14(16(15)25)19(26)24-7-9-27-10-8-24/h2-6,25H,7-11H2,1H3,(H,20,22)(H,21,23). The Kier molecular flexibility index (Phi) is 5.63. The first kappa shape index (κ1) is 19.2. The molecule has 3 N–H and O–H groups in total. The zero-order chi connectivity index (χ0) is 20.2. The SMILES string of the molecule is Cc1ccc(CNc2nsnc2Nc2cccc(C(=O)N3CCOCC3)c2O)o1.